The van der Waals surface area contributed by atoms with Crippen LogP contribution in [0.5, 0.6) is 0 Å². The van der Waals surface area contributed by atoms with E-state index in [4.69, 9.17) is 0 Å². The van der Waals surface area contributed by atoms with Crippen LogP contribution in [0.25, 0.3) is 0 Å². The molecule has 0 aromatic heterocycles. The highest BCUT2D eigenvalue weighted by Crippen LogP contribution is 2.30. The van der Waals surface area contributed by atoms with E-state index in [2.05, 4.69) is 0 Å². The molecule has 1 aromatic rings. The second-order valence-electron chi connectivity index (χ2n) is 12.4. The molecule has 0 aliphatic heterocycles. The van der Waals surface area contributed by atoms with Crippen molar-refractivity contribution in [2.75, 3.05) is 0 Å². The van der Waals surface area contributed by atoms with Gasteiger partial charge in [-0.25, -0.2) is 0 Å². The number of aliphatic hydroxyl groups is 10. The largest absolute Gasteiger partial charge is 0.391 e. The summed E-state index contributed by atoms with van der Waals surface area (Å²) in [7, 11) is 0. The van der Waals surface area contributed by atoms with Crippen LogP contribution in [0.3, 0.4) is 0 Å². The van der Waals surface area contributed by atoms with E-state index >= 15 is 0 Å². The van der Waals surface area contributed by atoms with Gasteiger partial charge in [-0.15, -0.1) is 0 Å². The summed E-state index contributed by atoms with van der Waals surface area (Å²) in [6.07, 6.45) is 1.11. The molecule has 12 nitrogen and oxygen atoms in total. The Morgan fingerprint density at radius 3 is 1.27 bits per heavy atom. The summed E-state index contributed by atoms with van der Waals surface area (Å²) in [6, 6.07) is 4.68. The summed E-state index contributed by atoms with van der Waals surface area (Å²) in [6.45, 7) is 0.416. The average Bonchev–Trinajstić information content (AvgIpc) is 2.98. The normalized spacial score (nSPS) is 42.4. The summed E-state index contributed by atoms with van der Waals surface area (Å²) in [5.41, 5.74) is 1.56. The summed E-state index contributed by atoms with van der Waals surface area (Å²) < 4.78 is 0. The lowest BCUT2D eigenvalue weighted by molar-refractivity contribution is -0.111. The molecule has 242 valence electrons. The van der Waals surface area contributed by atoms with Crippen molar-refractivity contribution in [2.45, 2.75) is 111 Å². The first kappa shape index (κ1) is 33.1. The van der Waals surface area contributed by atoms with E-state index in [1.165, 1.54) is 12.2 Å². The Kier molecular flexibility index (Phi) is 10.5. The summed E-state index contributed by atoms with van der Waals surface area (Å²) in [5.74, 6) is 0. The predicted octanol–water partition coefficient (Wildman–Crippen LogP) is -2.57. The predicted molar refractivity (Wildman–Crippen MR) is 159 cm³/mol. The minimum atomic E-state index is -1.48. The maximum absolute atomic E-state index is 10.9. The van der Waals surface area contributed by atoms with Crippen LogP contribution in [0.4, 0.5) is 0 Å². The van der Waals surface area contributed by atoms with Crippen LogP contribution >= 0.6 is 0 Å². The molecule has 0 amide bonds. The Morgan fingerprint density at radius 2 is 0.864 bits per heavy atom. The molecule has 44 heavy (non-hydrogen) atoms. The third-order valence-electron chi connectivity index (χ3n) is 9.18. The first-order chi connectivity index (χ1) is 20.9. The molecule has 4 aliphatic carbocycles. The van der Waals surface area contributed by atoms with Crippen molar-refractivity contribution < 1.29 is 51.1 Å². The molecule has 0 saturated heterocycles. The Labute approximate surface area is 256 Å². The average molecular weight is 617 g/mol. The molecular formula is C32H44N2O10. The zero-order chi connectivity index (χ0) is 31.7. The summed E-state index contributed by atoms with van der Waals surface area (Å²) in [5, 5.41) is 105. The lowest BCUT2D eigenvalue weighted by Crippen LogP contribution is -2.60. The van der Waals surface area contributed by atoms with E-state index < -0.39 is 85.2 Å². The van der Waals surface area contributed by atoms with Gasteiger partial charge in [-0.05, 0) is 11.1 Å². The molecule has 1 aromatic carbocycles. The Balaban J connectivity index is 1.45. The van der Waals surface area contributed by atoms with E-state index in [1.54, 1.807) is 41.4 Å². The third kappa shape index (κ3) is 7.07. The fourth-order valence-electron chi connectivity index (χ4n) is 6.73. The number of hydrogen-bond acceptors (Lipinski definition) is 12. The second-order valence-corrected chi connectivity index (χ2v) is 12.4. The molecule has 12 heteroatoms. The quantitative estimate of drug-likeness (QED) is 0.137. The van der Waals surface area contributed by atoms with Crippen molar-refractivity contribution in [1.29, 1.82) is 0 Å². The smallest absolute Gasteiger partial charge is 0.111 e. The molecular weight excluding hydrogens is 572 g/mol. The highest BCUT2D eigenvalue weighted by atomic mass is 16.4. The van der Waals surface area contributed by atoms with E-state index in [0.29, 0.717) is 0 Å². The molecule has 0 bridgehead atoms. The van der Waals surface area contributed by atoms with Gasteiger partial charge in [-0.2, -0.15) is 0 Å². The Bertz CT molecular complexity index is 1170. The summed E-state index contributed by atoms with van der Waals surface area (Å²) in [4.78, 5) is 3.61. The zero-order valence-electron chi connectivity index (χ0n) is 24.2. The van der Waals surface area contributed by atoms with Gasteiger partial charge < -0.3 is 51.1 Å². The lowest BCUT2D eigenvalue weighted by Gasteiger charge is -2.45. The van der Waals surface area contributed by atoms with E-state index in [1.807, 2.05) is 29.2 Å². The lowest BCUT2D eigenvalue weighted by atomic mass is 9.87. The molecule has 0 fully saturated rings. The third-order valence-corrected chi connectivity index (χ3v) is 9.18. The van der Waals surface area contributed by atoms with Crippen LogP contribution in [0.15, 0.2) is 72.9 Å². The molecule has 0 spiro atoms. The van der Waals surface area contributed by atoms with Gasteiger partial charge in [0.1, 0.15) is 36.6 Å². The fraction of sp³-hybridized carbons (Fsp3) is 0.562. The number of aliphatic hydroxyl groups excluding tert-OH is 10. The Hall–Kier alpha value is -2.30. The standard InChI is InChI=1S/C32H44N2O10/c35-19-4-6-21(27(39)13-19)33(22-7-5-20(36)14-28(22)40)15-17-2-1-3-18(12-17)16-34(23-8-10-25(37)31(43)29(23)41)24-9-11-26(38)32(44)30(24)42/h1-12,19-32,35-44H,13-16H2/t19-,20-,21+,22+,23+,24+,25-,26-,27+,28+,29-,30-,31-,32-/m1/s1. The first-order valence-electron chi connectivity index (χ1n) is 15.1. The monoisotopic (exact) mass is 616 g/mol. The van der Waals surface area contributed by atoms with Gasteiger partial charge in [-0.1, -0.05) is 72.9 Å². The molecule has 0 saturated carbocycles. The topological polar surface area (TPSA) is 209 Å². The molecule has 0 heterocycles. The van der Waals surface area contributed by atoms with Crippen molar-refractivity contribution in [3.8, 4) is 0 Å². The van der Waals surface area contributed by atoms with E-state index in [-0.39, 0.29) is 25.9 Å². The van der Waals surface area contributed by atoms with Crippen LogP contribution in [0, 0.1) is 0 Å². The van der Waals surface area contributed by atoms with E-state index in [0.717, 1.165) is 11.1 Å². The minimum Gasteiger partial charge on any atom is -0.391 e. The molecule has 0 radical (unpaired) electrons. The second kappa shape index (κ2) is 14.0. The van der Waals surface area contributed by atoms with Crippen molar-refractivity contribution in [3.63, 3.8) is 0 Å². The Morgan fingerprint density at radius 1 is 0.477 bits per heavy atom. The fourth-order valence-corrected chi connectivity index (χ4v) is 6.73. The maximum Gasteiger partial charge on any atom is 0.111 e. The van der Waals surface area contributed by atoms with Crippen LogP contribution in [-0.4, -0.2) is 146 Å². The molecule has 5 rings (SSSR count). The highest BCUT2D eigenvalue weighted by molar-refractivity contribution is 5.27. The van der Waals surface area contributed by atoms with Crippen LogP contribution in [0.1, 0.15) is 24.0 Å². The van der Waals surface area contributed by atoms with Crippen LogP contribution in [-0.2, 0) is 13.1 Å². The minimum absolute atomic E-state index is 0.133. The molecule has 0 unspecified atom stereocenters. The van der Waals surface area contributed by atoms with Gasteiger partial charge in [0.25, 0.3) is 0 Å². The van der Waals surface area contributed by atoms with Crippen LogP contribution < -0.4 is 0 Å². The van der Waals surface area contributed by atoms with Gasteiger partial charge in [0, 0.05) is 25.9 Å². The number of rotatable bonds is 8. The number of nitrogens with zero attached hydrogens (tertiary/aromatic N) is 2. The van der Waals surface area contributed by atoms with Gasteiger partial charge in [0.05, 0.1) is 48.6 Å². The van der Waals surface area contributed by atoms with Gasteiger partial charge in [0.15, 0.2) is 0 Å². The van der Waals surface area contributed by atoms with Gasteiger partial charge >= 0.3 is 0 Å². The van der Waals surface area contributed by atoms with Gasteiger partial charge in [0.2, 0.25) is 0 Å². The molecule has 4 aliphatic rings. The SMILES string of the molecule is O[C@H]1[C@H](O)[C@@H](N(Cc2cccc(CN([C@H]3C=C[C@@H](O)C[C@@H]3O)[C@H]3C=C[C@@H](O)C[C@@H]3O)c2)[C@H]2C=C[C@@H](O)[C@@H](O)[C@@H]2O)C=C[C@H]1O. The van der Waals surface area contributed by atoms with Crippen molar-refractivity contribution in [2.24, 2.45) is 0 Å². The highest BCUT2D eigenvalue weighted by Gasteiger charge is 2.43. The number of benzene rings is 1. The first-order valence-corrected chi connectivity index (χ1v) is 15.1. The van der Waals surface area contributed by atoms with Crippen molar-refractivity contribution >= 4 is 0 Å². The maximum atomic E-state index is 10.9. The molecule has 14 atom stereocenters. The van der Waals surface area contributed by atoms with Crippen molar-refractivity contribution in [1.82, 2.24) is 9.80 Å². The van der Waals surface area contributed by atoms with Crippen LogP contribution in [0.2, 0.25) is 0 Å². The van der Waals surface area contributed by atoms with Gasteiger partial charge in [-0.3, -0.25) is 9.80 Å². The zero-order valence-corrected chi connectivity index (χ0v) is 24.2. The summed E-state index contributed by atoms with van der Waals surface area (Å²) >= 11 is 0. The number of hydrogen-bond donors (Lipinski definition) is 10. The van der Waals surface area contributed by atoms with Crippen molar-refractivity contribution in [3.05, 3.63) is 84.0 Å². The van der Waals surface area contributed by atoms with E-state index in [9.17, 15) is 51.1 Å². The molecule has 10 N–H and O–H groups in total.